The second kappa shape index (κ2) is 8.42. The van der Waals surface area contributed by atoms with Gasteiger partial charge in [0.25, 0.3) is 11.8 Å². The molecule has 0 bridgehead atoms. The normalized spacial score (nSPS) is 16.9. The number of rotatable bonds is 4. The third-order valence-electron chi connectivity index (χ3n) is 4.03. The van der Waals surface area contributed by atoms with E-state index in [1.54, 1.807) is 31.2 Å². The summed E-state index contributed by atoms with van der Waals surface area (Å²) in [4.78, 5) is 49.9. The minimum absolute atomic E-state index is 0.115. The van der Waals surface area contributed by atoms with Gasteiger partial charge in [-0.3, -0.25) is 19.7 Å². The van der Waals surface area contributed by atoms with Crippen LogP contribution in [0, 0.1) is 12.8 Å². The number of halogens is 2. The van der Waals surface area contributed by atoms with Crippen LogP contribution >= 0.6 is 23.2 Å². The molecule has 1 aliphatic heterocycles. The van der Waals surface area contributed by atoms with E-state index in [1.807, 2.05) is 0 Å². The molecule has 1 heterocycles. The summed E-state index contributed by atoms with van der Waals surface area (Å²) < 4.78 is 0. The van der Waals surface area contributed by atoms with Gasteiger partial charge in [-0.2, -0.15) is 5.10 Å². The Morgan fingerprint density at radius 1 is 1.17 bits per heavy atom. The van der Waals surface area contributed by atoms with Crippen LogP contribution in [0.4, 0.5) is 10.5 Å². The zero-order chi connectivity index (χ0) is 21.1. The first kappa shape index (κ1) is 20.5. The van der Waals surface area contributed by atoms with Gasteiger partial charge in [0, 0.05) is 11.2 Å². The van der Waals surface area contributed by atoms with Crippen molar-refractivity contribution >= 4 is 58.9 Å². The molecule has 0 aliphatic carbocycles. The second-order valence-corrected chi connectivity index (χ2v) is 6.97. The van der Waals surface area contributed by atoms with E-state index in [1.165, 1.54) is 18.2 Å². The summed E-state index contributed by atoms with van der Waals surface area (Å²) in [6, 6.07) is 10.1. The number of imide groups is 2. The zero-order valence-electron chi connectivity index (χ0n) is 15.0. The number of barbiturate groups is 1. The van der Waals surface area contributed by atoms with Gasteiger partial charge in [0.2, 0.25) is 5.91 Å². The van der Waals surface area contributed by atoms with Crippen LogP contribution in [-0.4, -0.2) is 30.0 Å². The summed E-state index contributed by atoms with van der Waals surface area (Å²) in [5.74, 6) is -3.68. The van der Waals surface area contributed by atoms with E-state index in [4.69, 9.17) is 23.2 Å². The number of benzene rings is 2. The molecule has 0 spiro atoms. The number of anilines is 1. The largest absolute Gasteiger partial charge is 0.335 e. The number of aryl methyl sites for hydroxylation is 1. The van der Waals surface area contributed by atoms with Crippen LogP contribution in [0.25, 0.3) is 0 Å². The van der Waals surface area contributed by atoms with E-state index in [0.717, 1.165) is 16.7 Å². The van der Waals surface area contributed by atoms with E-state index in [2.05, 4.69) is 15.8 Å². The summed E-state index contributed by atoms with van der Waals surface area (Å²) in [5.41, 5.74) is 3.45. The Morgan fingerprint density at radius 3 is 2.62 bits per heavy atom. The molecular weight excluding hydrogens is 419 g/mol. The first-order valence-corrected chi connectivity index (χ1v) is 9.07. The number of nitrogens with zero attached hydrogens (tertiary/aromatic N) is 2. The number of carbonyl (C=O) groups excluding carboxylic acids is 4. The van der Waals surface area contributed by atoms with Crippen molar-refractivity contribution in [3.63, 3.8) is 0 Å². The SMILES string of the molecule is Cc1cccc(N2C(=O)NC(=O)[C@H](/C=N\NC(=O)c3ccc(Cl)cc3Cl)C2=O)c1. The molecule has 29 heavy (non-hydrogen) atoms. The standard InChI is InChI=1S/C19H14Cl2N4O4/c1-10-3-2-4-12(7-10)25-18(28)14(16(26)23-19(25)29)9-22-24-17(27)13-6-5-11(20)8-15(13)21/h2-9,14H,1H3,(H,24,27)(H,23,26,29)/b22-9-/t14-/m0/s1. The molecule has 1 atom stereocenters. The Morgan fingerprint density at radius 2 is 1.93 bits per heavy atom. The molecular formula is C19H14Cl2N4O4. The lowest BCUT2D eigenvalue weighted by Gasteiger charge is -2.28. The number of hydrogen-bond donors (Lipinski definition) is 2. The van der Waals surface area contributed by atoms with Crippen molar-refractivity contribution in [1.82, 2.24) is 10.7 Å². The van der Waals surface area contributed by atoms with Crippen molar-refractivity contribution in [3.8, 4) is 0 Å². The van der Waals surface area contributed by atoms with Gasteiger partial charge >= 0.3 is 6.03 Å². The van der Waals surface area contributed by atoms with Crippen molar-refractivity contribution < 1.29 is 19.2 Å². The summed E-state index contributed by atoms with van der Waals surface area (Å²) in [7, 11) is 0. The Balaban J connectivity index is 1.77. The fourth-order valence-corrected chi connectivity index (χ4v) is 3.13. The molecule has 148 valence electrons. The van der Waals surface area contributed by atoms with Crippen LogP contribution < -0.4 is 15.6 Å². The first-order valence-electron chi connectivity index (χ1n) is 8.32. The lowest BCUT2D eigenvalue weighted by atomic mass is 10.1. The van der Waals surface area contributed by atoms with E-state index in [9.17, 15) is 19.2 Å². The molecule has 5 amide bonds. The molecule has 0 saturated carbocycles. The minimum atomic E-state index is -1.39. The maximum absolute atomic E-state index is 12.7. The fourth-order valence-electron chi connectivity index (χ4n) is 2.64. The second-order valence-electron chi connectivity index (χ2n) is 6.13. The average Bonchev–Trinajstić information content (AvgIpc) is 2.64. The molecule has 3 rings (SSSR count). The van der Waals surface area contributed by atoms with E-state index < -0.39 is 29.7 Å². The fraction of sp³-hybridized carbons (Fsp3) is 0.105. The highest BCUT2D eigenvalue weighted by atomic mass is 35.5. The molecule has 8 nitrogen and oxygen atoms in total. The Kier molecular flexibility index (Phi) is 5.95. The first-order chi connectivity index (χ1) is 13.8. The Bertz CT molecular complexity index is 1050. The number of urea groups is 1. The van der Waals surface area contributed by atoms with Crippen molar-refractivity contribution in [1.29, 1.82) is 0 Å². The van der Waals surface area contributed by atoms with Crippen molar-refractivity contribution in [2.24, 2.45) is 11.0 Å². The van der Waals surface area contributed by atoms with Gasteiger partial charge in [-0.15, -0.1) is 0 Å². The third kappa shape index (κ3) is 4.44. The molecule has 0 unspecified atom stereocenters. The zero-order valence-corrected chi connectivity index (χ0v) is 16.5. The van der Waals surface area contributed by atoms with Gasteiger partial charge in [-0.05, 0) is 42.8 Å². The minimum Gasteiger partial charge on any atom is -0.276 e. The molecule has 1 aliphatic rings. The van der Waals surface area contributed by atoms with Gasteiger partial charge in [0.15, 0.2) is 5.92 Å². The number of hydrogen-bond acceptors (Lipinski definition) is 5. The lowest BCUT2D eigenvalue weighted by molar-refractivity contribution is -0.131. The predicted molar refractivity (Wildman–Crippen MR) is 108 cm³/mol. The summed E-state index contributed by atoms with van der Waals surface area (Å²) in [6.45, 7) is 1.80. The average molecular weight is 433 g/mol. The molecule has 2 aromatic carbocycles. The van der Waals surface area contributed by atoms with E-state index >= 15 is 0 Å². The van der Waals surface area contributed by atoms with Gasteiger partial charge < -0.3 is 0 Å². The monoisotopic (exact) mass is 432 g/mol. The van der Waals surface area contributed by atoms with Gasteiger partial charge in [-0.25, -0.2) is 15.1 Å². The summed E-state index contributed by atoms with van der Waals surface area (Å²) >= 11 is 11.7. The number of hydrazone groups is 1. The quantitative estimate of drug-likeness (QED) is 0.439. The van der Waals surface area contributed by atoms with Crippen LogP contribution in [0.15, 0.2) is 47.6 Å². The number of amides is 5. The maximum Gasteiger partial charge on any atom is 0.335 e. The van der Waals surface area contributed by atoms with Crippen molar-refractivity contribution in [2.45, 2.75) is 6.92 Å². The van der Waals surface area contributed by atoms with Crippen LogP contribution in [0.5, 0.6) is 0 Å². The molecule has 0 radical (unpaired) electrons. The number of nitrogens with one attached hydrogen (secondary N) is 2. The van der Waals surface area contributed by atoms with Crippen LogP contribution in [0.2, 0.25) is 10.0 Å². The van der Waals surface area contributed by atoms with Gasteiger partial charge in [0.05, 0.1) is 16.3 Å². The maximum atomic E-state index is 12.7. The van der Waals surface area contributed by atoms with E-state index in [-0.39, 0.29) is 10.6 Å². The summed E-state index contributed by atoms with van der Waals surface area (Å²) in [5, 5.41) is 6.25. The van der Waals surface area contributed by atoms with Crippen molar-refractivity contribution in [2.75, 3.05) is 4.90 Å². The number of carbonyl (C=O) groups is 4. The highest BCUT2D eigenvalue weighted by Gasteiger charge is 2.40. The molecule has 2 aromatic rings. The Hall–Kier alpha value is -3.23. The van der Waals surface area contributed by atoms with E-state index in [0.29, 0.717) is 10.7 Å². The highest BCUT2D eigenvalue weighted by Crippen LogP contribution is 2.22. The molecule has 0 aromatic heterocycles. The van der Waals surface area contributed by atoms with Crippen LogP contribution in [0.1, 0.15) is 15.9 Å². The van der Waals surface area contributed by atoms with Crippen LogP contribution in [-0.2, 0) is 9.59 Å². The van der Waals surface area contributed by atoms with Crippen molar-refractivity contribution in [3.05, 3.63) is 63.6 Å². The highest BCUT2D eigenvalue weighted by molar-refractivity contribution is 6.37. The topological polar surface area (TPSA) is 108 Å². The van der Waals surface area contributed by atoms with Gasteiger partial charge in [0.1, 0.15) is 0 Å². The van der Waals surface area contributed by atoms with Gasteiger partial charge in [-0.1, -0.05) is 35.3 Å². The lowest BCUT2D eigenvalue weighted by Crippen LogP contribution is -2.58. The summed E-state index contributed by atoms with van der Waals surface area (Å²) in [6.07, 6.45) is 0.953. The Labute approximate surface area is 175 Å². The molecule has 1 saturated heterocycles. The molecule has 10 heteroatoms. The molecule has 1 fully saturated rings. The predicted octanol–water partition coefficient (Wildman–Crippen LogP) is 2.92. The third-order valence-corrected chi connectivity index (χ3v) is 4.58. The smallest absolute Gasteiger partial charge is 0.276 e. The molecule has 2 N–H and O–H groups in total. The van der Waals surface area contributed by atoms with Crippen LogP contribution in [0.3, 0.4) is 0 Å².